The summed E-state index contributed by atoms with van der Waals surface area (Å²) in [6.07, 6.45) is 0.110. The van der Waals surface area contributed by atoms with Gasteiger partial charge in [0.05, 0.1) is 13.2 Å². The van der Waals surface area contributed by atoms with Crippen molar-refractivity contribution in [1.82, 2.24) is 5.32 Å². The van der Waals surface area contributed by atoms with Crippen LogP contribution in [0.4, 0.5) is 0 Å². The van der Waals surface area contributed by atoms with Gasteiger partial charge >= 0.3 is 0 Å². The molecular weight excluding hydrogens is 354 g/mol. The zero-order chi connectivity index (χ0) is 20.1. The number of benzene rings is 2. The molecule has 0 bridgehead atoms. The second-order valence-electron chi connectivity index (χ2n) is 7.66. The van der Waals surface area contributed by atoms with Crippen LogP contribution in [0.2, 0.25) is 0 Å². The van der Waals surface area contributed by atoms with E-state index in [9.17, 15) is 0 Å². The first-order chi connectivity index (χ1) is 13.5. The minimum absolute atomic E-state index is 0.110. The molecule has 152 valence electrons. The number of methoxy groups -OCH3 is 1. The third kappa shape index (κ3) is 4.90. The van der Waals surface area contributed by atoms with Gasteiger partial charge in [0, 0.05) is 12.6 Å². The Hall–Kier alpha value is -2.40. The van der Waals surface area contributed by atoms with Crippen molar-refractivity contribution in [3.05, 3.63) is 47.5 Å². The summed E-state index contributed by atoms with van der Waals surface area (Å²) in [6, 6.07) is 12.5. The topological polar surface area (TPSA) is 49.0 Å². The second-order valence-corrected chi connectivity index (χ2v) is 7.66. The van der Waals surface area contributed by atoms with Crippen molar-refractivity contribution in [3.63, 3.8) is 0 Å². The molecule has 2 aromatic carbocycles. The first-order valence-electron chi connectivity index (χ1n) is 9.94. The first kappa shape index (κ1) is 20.3. The molecule has 0 aliphatic carbocycles. The standard InChI is InChI=1S/C23H31NO4/c1-15(2)23(18-7-9-19-22(13-18)27-11-10-26-19)24-14-17-6-8-20(28-16(3)4)21(12-17)25-5/h6-9,12-13,15-16,23-24H,10-11,14H2,1-5H3. The van der Waals surface area contributed by atoms with Crippen LogP contribution >= 0.6 is 0 Å². The number of hydrogen-bond donors (Lipinski definition) is 1. The number of hydrogen-bond acceptors (Lipinski definition) is 5. The first-order valence-corrected chi connectivity index (χ1v) is 9.94. The molecule has 1 aliphatic rings. The molecule has 0 radical (unpaired) electrons. The van der Waals surface area contributed by atoms with Crippen molar-refractivity contribution in [2.45, 2.75) is 46.4 Å². The molecule has 0 spiro atoms. The van der Waals surface area contributed by atoms with Crippen molar-refractivity contribution in [3.8, 4) is 23.0 Å². The summed E-state index contributed by atoms with van der Waals surface area (Å²) in [6.45, 7) is 10.4. The second kappa shape index (κ2) is 9.20. The maximum atomic E-state index is 5.81. The Kier molecular flexibility index (Phi) is 6.68. The van der Waals surface area contributed by atoms with Crippen LogP contribution in [0.1, 0.15) is 44.9 Å². The van der Waals surface area contributed by atoms with E-state index < -0.39 is 0 Å². The van der Waals surface area contributed by atoms with Crippen LogP contribution < -0.4 is 24.3 Å². The van der Waals surface area contributed by atoms with Crippen LogP contribution in [0.15, 0.2) is 36.4 Å². The summed E-state index contributed by atoms with van der Waals surface area (Å²) in [5.41, 5.74) is 2.35. The van der Waals surface area contributed by atoms with Gasteiger partial charge in [0.1, 0.15) is 13.2 Å². The molecule has 28 heavy (non-hydrogen) atoms. The molecule has 3 rings (SSSR count). The molecule has 5 heteroatoms. The van der Waals surface area contributed by atoms with Gasteiger partial charge in [-0.05, 0) is 55.2 Å². The molecule has 0 aromatic heterocycles. The molecule has 1 heterocycles. The number of fused-ring (bicyclic) bond motifs is 1. The zero-order valence-corrected chi connectivity index (χ0v) is 17.5. The maximum absolute atomic E-state index is 5.81. The molecule has 0 fully saturated rings. The lowest BCUT2D eigenvalue weighted by atomic mass is 9.95. The van der Waals surface area contributed by atoms with Crippen LogP contribution in [-0.2, 0) is 6.54 Å². The smallest absolute Gasteiger partial charge is 0.161 e. The van der Waals surface area contributed by atoms with Gasteiger partial charge in [-0.3, -0.25) is 0 Å². The number of rotatable bonds is 8. The lowest BCUT2D eigenvalue weighted by Gasteiger charge is -2.26. The molecule has 2 aromatic rings. The van der Waals surface area contributed by atoms with E-state index in [2.05, 4.69) is 37.4 Å². The normalized spacial score (nSPS) is 14.2. The Morgan fingerprint density at radius 2 is 1.68 bits per heavy atom. The molecule has 5 nitrogen and oxygen atoms in total. The fourth-order valence-electron chi connectivity index (χ4n) is 3.39. The lowest BCUT2D eigenvalue weighted by Crippen LogP contribution is -2.26. The van der Waals surface area contributed by atoms with Crippen molar-refractivity contribution >= 4 is 0 Å². The van der Waals surface area contributed by atoms with Gasteiger partial charge in [-0.1, -0.05) is 26.0 Å². The van der Waals surface area contributed by atoms with Crippen molar-refractivity contribution in [2.75, 3.05) is 20.3 Å². The van der Waals surface area contributed by atoms with Gasteiger partial charge in [0.15, 0.2) is 23.0 Å². The monoisotopic (exact) mass is 385 g/mol. The van der Waals surface area contributed by atoms with E-state index in [1.807, 2.05) is 32.0 Å². The highest BCUT2D eigenvalue weighted by Gasteiger charge is 2.19. The van der Waals surface area contributed by atoms with Gasteiger partial charge in [-0.2, -0.15) is 0 Å². The van der Waals surface area contributed by atoms with Gasteiger partial charge in [0.25, 0.3) is 0 Å². The van der Waals surface area contributed by atoms with Crippen LogP contribution in [0.25, 0.3) is 0 Å². The number of nitrogens with one attached hydrogen (secondary N) is 1. The Bertz CT molecular complexity index is 788. The SMILES string of the molecule is COc1cc(CNC(c2ccc3c(c2)OCCO3)C(C)C)ccc1OC(C)C. The summed E-state index contributed by atoms with van der Waals surface area (Å²) < 4.78 is 22.7. The minimum Gasteiger partial charge on any atom is -0.493 e. The Morgan fingerprint density at radius 1 is 0.929 bits per heavy atom. The van der Waals surface area contributed by atoms with E-state index in [-0.39, 0.29) is 12.1 Å². The average Bonchev–Trinajstić information content (AvgIpc) is 2.68. The largest absolute Gasteiger partial charge is 0.493 e. The van der Waals surface area contributed by atoms with Crippen LogP contribution in [-0.4, -0.2) is 26.4 Å². The van der Waals surface area contributed by atoms with E-state index in [4.69, 9.17) is 18.9 Å². The summed E-state index contributed by atoms with van der Waals surface area (Å²) in [5, 5.41) is 3.68. The molecule has 1 aliphatic heterocycles. The quantitative estimate of drug-likeness (QED) is 0.711. The van der Waals surface area contributed by atoms with Gasteiger partial charge in [-0.15, -0.1) is 0 Å². The Labute approximate surface area is 168 Å². The summed E-state index contributed by atoms with van der Waals surface area (Å²) in [4.78, 5) is 0. The Morgan fingerprint density at radius 3 is 2.36 bits per heavy atom. The van der Waals surface area contributed by atoms with Crippen LogP contribution in [0.5, 0.6) is 23.0 Å². The summed E-state index contributed by atoms with van der Waals surface area (Å²) in [5.74, 6) is 3.60. The van der Waals surface area contributed by atoms with Crippen LogP contribution in [0.3, 0.4) is 0 Å². The van der Waals surface area contributed by atoms with E-state index >= 15 is 0 Å². The number of ether oxygens (including phenoxy) is 4. The highest BCUT2D eigenvalue weighted by Crippen LogP contribution is 2.35. The highest BCUT2D eigenvalue weighted by molar-refractivity contribution is 5.45. The van der Waals surface area contributed by atoms with Crippen molar-refractivity contribution in [2.24, 2.45) is 5.92 Å². The predicted molar refractivity (Wildman–Crippen MR) is 111 cm³/mol. The van der Waals surface area contributed by atoms with E-state index in [1.165, 1.54) is 5.56 Å². The summed E-state index contributed by atoms with van der Waals surface area (Å²) in [7, 11) is 1.67. The van der Waals surface area contributed by atoms with Crippen molar-refractivity contribution < 1.29 is 18.9 Å². The minimum atomic E-state index is 0.110. The fourth-order valence-corrected chi connectivity index (χ4v) is 3.39. The summed E-state index contributed by atoms with van der Waals surface area (Å²) >= 11 is 0. The lowest BCUT2D eigenvalue weighted by molar-refractivity contribution is 0.171. The maximum Gasteiger partial charge on any atom is 0.161 e. The zero-order valence-electron chi connectivity index (χ0n) is 17.5. The van der Waals surface area contributed by atoms with E-state index in [1.54, 1.807) is 7.11 Å². The molecular formula is C23H31NO4. The molecule has 0 saturated carbocycles. The molecule has 1 atom stereocenters. The van der Waals surface area contributed by atoms with E-state index in [0.29, 0.717) is 19.1 Å². The molecule has 1 unspecified atom stereocenters. The predicted octanol–water partition coefficient (Wildman–Crippen LogP) is 4.74. The van der Waals surface area contributed by atoms with Gasteiger partial charge in [-0.25, -0.2) is 0 Å². The average molecular weight is 386 g/mol. The third-order valence-electron chi connectivity index (χ3n) is 4.71. The van der Waals surface area contributed by atoms with E-state index in [0.717, 1.165) is 35.1 Å². The fraction of sp³-hybridized carbons (Fsp3) is 0.478. The van der Waals surface area contributed by atoms with Gasteiger partial charge < -0.3 is 24.3 Å². The molecule has 0 saturated heterocycles. The highest BCUT2D eigenvalue weighted by atomic mass is 16.6. The Balaban J connectivity index is 1.73. The third-order valence-corrected chi connectivity index (χ3v) is 4.71. The van der Waals surface area contributed by atoms with Gasteiger partial charge in [0.2, 0.25) is 0 Å². The van der Waals surface area contributed by atoms with Crippen LogP contribution in [0, 0.1) is 5.92 Å². The molecule has 1 N–H and O–H groups in total. The molecule has 0 amide bonds. The van der Waals surface area contributed by atoms with Crippen molar-refractivity contribution in [1.29, 1.82) is 0 Å².